The predicted octanol–water partition coefficient (Wildman–Crippen LogP) is 4.11. The van der Waals surface area contributed by atoms with E-state index in [0.717, 1.165) is 16.6 Å². The number of halogens is 2. The average molecular weight is 273 g/mol. The minimum absolute atomic E-state index is 0.0719. The fraction of sp³-hybridized carbons (Fsp3) is 0.133. The fourth-order valence-electron chi connectivity index (χ4n) is 2.15. The van der Waals surface area contributed by atoms with Crippen LogP contribution in [0.3, 0.4) is 0 Å². The maximum absolute atomic E-state index is 12.9. The lowest BCUT2D eigenvalue weighted by Gasteiger charge is -2.11. The summed E-state index contributed by atoms with van der Waals surface area (Å²) in [6, 6.07) is 12.3. The molecule has 3 nitrogen and oxygen atoms in total. The van der Waals surface area contributed by atoms with Crippen LogP contribution in [0.15, 0.2) is 48.7 Å². The van der Waals surface area contributed by atoms with E-state index < -0.39 is 6.43 Å². The van der Waals surface area contributed by atoms with Crippen molar-refractivity contribution in [2.75, 3.05) is 5.32 Å². The van der Waals surface area contributed by atoms with Crippen LogP contribution in [-0.2, 0) is 6.54 Å². The number of rotatable bonds is 4. The van der Waals surface area contributed by atoms with Gasteiger partial charge in [-0.15, -0.1) is 0 Å². The molecule has 3 rings (SSSR count). The molecule has 2 aromatic carbocycles. The first kappa shape index (κ1) is 12.6. The number of hydrogen-bond acceptors (Lipinski definition) is 2. The molecule has 0 spiro atoms. The molecule has 0 fully saturated rings. The molecule has 0 aliphatic heterocycles. The Kier molecular flexibility index (Phi) is 3.33. The summed E-state index contributed by atoms with van der Waals surface area (Å²) in [5, 5.41) is 11.0. The van der Waals surface area contributed by atoms with Crippen LogP contribution in [0.25, 0.3) is 10.9 Å². The lowest BCUT2D eigenvalue weighted by molar-refractivity contribution is 0.150. The molecular formula is C15H13F2N3. The van der Waals surface area contributed by atoms with Gasteiger partial charge in [0.05, 0.1) is 11.7 Å². The van der Waals surface area contributed by atoms with E-state index in [1.165, 1.54) is 6.07 Å². The Bertz CT molecular complexity index is 722. The van der Waals surface area contributed by atoms with Gasteiger partial charge in [0.2, 0.25) is 0 Å². The van der Waals surface area contributed by atoms with Crippen LogP contribution >= 0.6 is 0 Å². The van der Waals surface area contributed by atoms with Gasteiger partial charge in [-0.3, -0.25) is 5.10 Å². The maximum Gasteiger partial charge on any atom is 0.264 e. The number of anilines is 1. The third-order valence-corrected chi connectivity index (χ3v) is 3.22. The highest BCUT2D eigenvalue weighted by molar-refractivity contribution is 5.81. The molecule has 1 heterocycles. The lowest BCUT2D eigenvalue weighted by atomic mass is 10.1. The second kappa shape index (κ2) is 5.28. The van der Waals surface area contributed by atoms with Crippen molar-refractivity contribution in [3.8, 4) is 0 Å². The minimum atomic E-state index is -2.46. The highest BCUT2D eigenvalue weighted by Crippen LogP contribution is 2.24. The number of hydrogen-bond donors (Lipinski definition) is 2. The molecule has 0 aliphatic carbocycles. The summed E-state index contributed by atoms with van der Waals surface area (Å²) in [5.74, 6) is 0. The molecule has 5 heteroatoms. The maximum atomic E-state index is 12.9. The van der Waals surface area contributed by atoms with Crippen LogP contribution < -0.4 is 5.32 Å². The van der Waals surface area contributed by atoms with Gasteiger partial charge in [-0.2, -0.15) is 5.10 Å². The molecule has 0 saturated heterocycles. The number of fused-ring (bicyclic) bond motifs is 1. The minimum Gasteiger partial charge on any atom is -0.381 e. The Morgan fingerprint density at radius 3 is 2.85 bits per heavy atom. The van der Waals surface area contributed by atoms with Crippen molar-refractivity contribution >= 4 is 16.6 Å². The third kappa shape index (κ3) is 2.47. The molecule has 102 valence electrons. The van der Waals surface area contributed by atoms with E-state index in [1.54, 1.807) is 24.4 Å². The number of aromatic amines is 1. The van der Waals surface area contributed by atoms with E-state index >= 15 is 0 Å². The van der Waals surface area contributed by atoms with E-state index in [1.807, 2.05) is 18.2 Å². The van der Waals surface area contributed by atoms with Gasteiger partial charge >= 0.3 is 0 Å². The predicted molar refractivity (Wildman–Crippen MR) is 74.8 cm³/mol. The molecule has 0 saturated carbocycles. The molecule has 0 amide bonds. The second-order valence-corrected chi connectivity index (χ2v) is 4.53. The quantitative estimate of drug-likeness (QED) is 0.751. The van der Waals surface area contributed by atoms with Crippen molar-refractivity contribution in [1.82, 2.24) is 10.2 Å². The van der Waals surface area contributed by atoms with Crippen molar-refractivity contribution in [3.63, 3.8) is 0 Å². The Balaban J connectivity index is 1.79. The molecular weight excluding hydrogens is 260 g/mol. The normalized spacial score (nSPS) is 11.2. The summed E-state index contributed by atoms with van der Waals surface area (Å²) in [6.07, 6.45) is -0.714. The average Bonchev–Trinajstić information content (AvgIpc) is 2.92. The Hall–Kier alpha value is -2.43. The molecule has 0 aliphatic rings. The standard InChI is InChI=1S/C15H13F2N3/c16-15(17)13-4-2-1-3-10(13)8-18-12-6-5-11-9-19-20-14(11)7-12/h1-7,9,15,18H,8H2,(H,19,20). The molecule has 20 heavy (non-hydrogen) atoms. The van der Waals surface area contributed by atoms with Crippen LogP contribution in [0, 0.1) is 0 Å². The van der Waals surface area contributed by atoms with Gasteiger partial charge in [0.1, 0.15) is 0 Å². The second-order valence-electron chi connectivity index (χ2n) is 4.53. The van der Waals surface area contributed by atoms with Crippen molar-refractivity contribution in [3.05, 3.63) is 59.8 Å². The molecule has 0 atom stereocenters. The van der Waals surface area contributed by atoms with E-state index in [9.17, 15) is 8.78 Å². The molecule has 1 aromatic heterocycles. The SMILES string of the molecule is FC(F)c1ccccc1CNc1ccc2cn[nH]c2c1. The zero-order valence-electron chi connectivity index (χ0n) is 10.6. The molecule has 0 unspecified atom stereocenters. The highest BCUT2D eigenvalue weighted by Gasteiger charge is 2.11. The molecule has 0 radical (unpaired) electrons. The zero-order valence-corrected chi connectivity index (χ0v) is 10.6. The number of aromatic nitrogens is 2. The topological polar surface area (TPSA) is 40.7 Å². The van der Waals surface area contributed by atoms with Crippen molar-refractivity contribution in [2.45, 2.75) is 13.0 Å². The highest BCUT2D eigenvalue weighted by atomic mass is 19.3. The molecule has 2 N–H and O–H groups in total. The van der Waals surface area contributed by atoms with Crippen LogP contribution in [0.2, 0.25) is 0 Å². The molecule has 0 bridgehead atoms. The zero-order chi connectivity index (χ0) is 13.9. The fourth-order valence-corrected chi connectivity index (χ4v) is 2.15. The monoisotopic (exact) mass is 273 g/mol. The summed E-state index contributed by atoms with van der Waals surface area (Å²) < 4.78 is 25.8. The number of H-pyrrole nitrogens is 1. The van der Waals surface area contributed by atoms with Gasteiger partial charge in [-0.25, -0.2) is 8.78 Å². The Labute approximate surface area is 114 Å². The lowest BCUT2D eigenvalue weighted by Crippen LogP contribution is -2.03. The van der Waals surface area contributed by atoms with E-state index in [-0.39, 0.29) is 5.56 Å². The van der Waals surface area contributed by atoms with Crippen LogP contribution in [0.4, 0.5) is 14.5 Å². The number of alkyl halides is 2. The summed E-state index contributed by atoms with van der Waals surface area (Å²) in [6.45, 7) is 0.361. The van der Waals surface area contributed by atoms with Crippen LogP contribution in [-0.4, -0.2) is 10.2 Å². The van der Waals surface area contributed by atoms with Crippen molar-refractivity contribution in [1.29, 1.82) is 0 Å². The van der Waals surface area contributed by atoms with Crippen molar-refractivity contribution < 1.29 is 8.78 Å². The summed E-state index contributed by atoms with van der Waals surface area (Å²) in [7, 11) is 0. The van der Waals surface area contributed by atoms with Gasteiger partial charge in [-0.05, 0) is 23.8 Å². The Morgan fingerprint density at radius 2 is 2.00 bits per heavy atom. The first-order chi connectivity index (χ1) is 9.74. The Morgan fingerprint density at radius 1 is 1.15 bits per heavy atom. The first-order valence-corrected chi connectivity index (χ1v) is 6.27. The van der Waals surface area contributed by atoms with E-state index in [4.69, 9.17) is 0 Å². The van der Waals surface area contributed by atoms with Gasteiger partial charge in [0.25, 0.3) is 6.43 Å². The van der Waals surface area contributed by atoms with Gasteiger partial charge in [0, 0.05) is 23.2 Å². The molecule has 3 aromatic rings. The summed E-state index contributed by atoms with van der Waals surface area (Å²) in [4.78, 5) is 0. The van der Waals surface area contributed by atoms with Crippen molar-refractivity contribution in [2.24, 2.45) is 0 Å². The van der Waals surface area contributed by atoms with Gasteiger partial charge in [0.15, 0.2) is 0 Å². The number of benzene rings is 2. The van der Waals surface area contributed by atoms with Crippen LogP contribution in [0.1, 0.15) is 17.6 Å². The van der Waals surface area contributed by atoms with E-state index in [2.05, 4.69) is 15.5 Å². The largest absolute Gasteiger partial charge is 0.381 e. The van der Waals surface area contributed by atoms with Gasteiger partial charge < -0.3 is 5.32 Å². The van der Waals surface area contributed by atoms with Crippen LogP contribution in [0.5, 0.6) is 0 Å². The smallest absolute Gasteiger partial charge is 0.264 e. The summed E-state index contributed by atoms with van der Waals surface area (Å²) >= 11 is 0. The first-order valence-electron chi connectivity index (χ1n) is 6.27. The number of nitrogens with zero attached hydrogens (tertiary/aromatic N) is 1. The third-order valence-electron chi connectivity index (χ3n) is 3.22. The van der Waals surface area contributed by atoms with E-state index in [0.29, 0.717) is 12.1 Å². The van der Waals surface area contributed by atoms with Gasteiger partial charge in [-0.1, -0.05) is 24.3 Å². The summed E-state index contributed by atoms with van der Waals surface area (Å²) in [5.41, 5.74) is 2.46. The number of nitrogens with one attached hydrogen (secondary N) is 2.